The van der Waals surface area contributed by atoms with Gasteiger partial charge in [-0.3, -0.25) is 4.79 Å². The molecule has 0 aromatic heterocycles. The van der Waals surface area contributed by atoms with Crippen molar-refractivity contribution in [1.29, 1.82) is 0 Å². The van der Waals surface area contributed by atoms with E-state index in [-0.39, 0.29) is 12.4 Å². The summed E-state index contributed by atoms with van der Waals surface area (Å²) in [6, 6.07) is 10.9. The molecule has 5 nitrogen and oxygen atoms in total. The van der Waals surface area contributed by atoms with Crippen LogP contribution in [0, 0.1) is 5.82 Å². The van der Waals surface area contributed by atoms with Crippen molar-refractivity contribution in [1.82, 2.24) is 0 Å². The first-order valence-corrected chi connectivity index (χ1v) is 7.41. The van der Waals surface area contributed by atoms with Crippen molar-refractivity contribution in [3.05, 3.63) is 59.4 Å². The van der Waals surface area contributed by atoms with Gasteiger partial charge >= 0.3 is 5.97 Å². The van der Waals surface area contributed by atoms with Gasteiger partial charge in [0.1, 0.15) is 18.5 Å². The fourth-order valence-corrected chi connectivity index (χ4v) is 2.22. The molecule has 128 valence electrons. The Bertz CT molecular complexity index is 705. The monoisotopic (exact) mass is 333 g/mol. The van der Waals surface area contributed by atoms with Crippen LogP contribution in [0.1, 0.15) is 11.1 Å². The molecule has 2 N–H and O–H groups in total. The molecule has 0 amide bonds. The zero-order valence-corrected chi connectivity index (χ0v) is 13.6. The van der Waals surface area contributed by atoms with Crippen LogP contribution in [0.5, 0.6) is 11.5 Å². The van der Waals surface area contributed by atoms with Gasteiger partial charge in [0.2, 0.25) is 0 Å². The summed E-state index contributed by atoms with van der Waals surface area (Å²) in [6.45, 7) is 0.0650. The molecule has 2 aromatic rings. The average molecular weight is 333 g/mol. The number of methoxy groups -OCH3 is 2. The quantitative estimate of drug-likeness (QED) is 0.788. The van der Waals surface area contributed by atoms with Crippen LogP contribution in [0.4, 0.5) is 4.39 Å². The predicted octanol–water partition coefficient (Wildman–Crippen LogP) is 2.46. The van der Waals surface area contributed by atoms with Gasteiger partial charge in [-0.25, -0.2) is 4.39 Å². The molecule has 0 radical (unpaired) electrons. The van der Waals surface area contributed by atoms with Crippen molar-refractivity contribution in [3.63, 3.8) is 0 Å². The Hall–Kier alpha value is -2.60. The van der Waals surface area contributed by atoms with Crippen molar-refractivity contribution >= 4 is 5.97 Å². The van der Waals surface area contributed by atoms with Gasteiger partial charge < -0.3 is 19.9 Å². The van der Waals surface area contributed by atoms with Gasteiger partial charge in [0.05, 0.1) is 14.2 Å². The summed E-state index contributed by atoms with van der Waals surface area (Å²) in [7, 11) is 2.81. The van der Waals surface area contributed by atoms with E-state index in [9.17, 15) is 9.18 Å². The minimum atomic E-state index is -0.761. The summed E-state index contributed by atoms with van der Waals surface area (Å²) in [5, 5.41) is 0. The van der Waals surface area contributed by atoms with Crippen LogP contribution >= 0.6 is 0 Å². The smallest absolute Gasteiger partial charge is 0.322 e. The third-order valence-corrected chi connectivity index (χ3v) is 3.53. The molecule has 0 saturated heterocycles. The molecular weight excluding hydrogens is 313 g/mol. The minimum Gasteiger partial charge on any atom is -0.493 e. The molecule has 0 bridgehead atoms. The van der Waals surface area contributed by atoms with E-state index < -0.39 is 12.0 Å². The number of carbonyl (C=O) groups excluding carboxylic acids is 1. The lowest BCUT2D eigenvalue weighted by Gasteiger charge is -2.14. The van der Waals surface area contributed by atoms with Crippen LogP contribution in [0.25, 0.3) is 0 Å². The van der Waals surface area contributed by atoms with E-state index in [0.717, 1.165) is 5.56 Å². The van der Waals surface area contributed by atoms with E-state index in [0.29, 0.717) is 23.5 Å². The molecule has 0 aliphatic carbocycles. The first-order chi connectivity index (χ1) is 11.5. The summed E-state index contributed by atoms with van der Waals surface area (Å²) in [5.74, 6) is 0.150. The number of halogens is 1. The highest BCUT2D eigenvalue weighted by atomic mass is 19.1. The molecule has 0 spiro atoms. The van der Waals surface area contributed by atoms with E-state index in [1.54, 1.807) is 36.4 Å². The highest BCUT2D eigenvalue weighted by molar-refractivity contribution is 5.75. The predicted molar refractivity (Wildman–Crippen MR) is 87.4 cm³/mol. The molecule has 0 fully saturated rings. The number of hydrogen-bond acceptors (Lipinski definition) is 5. The van der Waals surface area contributed by atoms with Gasteiger partial charge in [-0.2, -0.15) is 0 Å². The molecule has 0 aliphatic rings. The second-order valence-electron chi connectivity index (χ2n) is 5.20. The molecule has 1 unspecified atom stereocenters. The Morgan fingerprint density at radius 2 is 1.92 bits per heavy atom. The zero-order chi connectivity index (χ0) is 17.5. The summed E-state index contributed by atoms with van der Waals surface area (Å²) in [5.41, 5.74) is 7.00. The van der Waals surface area contributed by atoms with Gasteiger partial charge in [-0.15, -0.1) is 0 Å². The molecule has 0 saturated carbocycles. The first kappa shape index (κ1) is 17.7. The summed E-state index contributed by atoms with van der Waals surface area (Å²) in [4.78, 5) is 11.4. The minimum absolute atomic E-state index is 0.0650. The standard InChI is InChI=1S/C18H20FNO4/c1-22-16-8-7-12(9-15(20)18(21)23-2)10-17(16)24-11-13-5-3-4-6-14(13)19/h3-8,10,15H,9,11,20H2,1-2H3. The highest BCUT2D eigenvalue weighted by Crippen LogP contribution is 2.29. The Morgan fingerprint density at radius 3 is 2.58 bits per heavy atom. The molecule has 24 heavy (non-hydrogen) atoms. The molecule has 2 aromatic carbocycles. The number of hydrogen-bond donors (Lipinski definition) is 1. The van der Waals surface area contributed by atoms with Crippen LogP contribution in [0.2, 0.25) is 0 Å². The Morgan fingerprint density at radius 1 is 1.17 bits per heavy atom. The summed E-state index contributed by atoms with van der Waals surface area (Å²) in [6.07, 6.45) is 0.298. The van der Waals surface area contributed by atoms with Crippen molar-refractivity contribution in [3.8, 4) is 11.5 Å². The van der Waals surface area contributed by atoms with Crippen LogP contribution in [-0.4, -0.2) is 26.2 Å². The van der Waals surface area contributed by atoms with Gasteiger partial charge in [-0.1, -0.05) is 24.3 Å². The fraction of sp³-hybridized carbons (Fsp3) is 0.278. The third-order valence-electron chi connectivity index (χ3n) is 3.53. The third kappa shape index (κ3) is 4.45. The topological polar surface area (TPSA) is 70.8 Å². The lowest BCUT2D eigenvalue weighted by atomic mass is 10.1. The normalized spacial score (nSPS) is 11.7. The number of rotatable bonds is 7. The van der Waals surface area contributed by atoms with E-state index >= 15 is 0 Å². The van der Waals surface area contributed by atoms with Crippen molar-refractivity contribution in [2.24, 2.45) is 5.73 Å². The largest absolute Gasteiger partial charge is 0.493 e. The van der Waals surface area contributed by atoms with Crippen LogP contribution < -0.4 is 15.2 Å². The average Bonchev–Trinajstić information content (AvgIpc) is 2.60. The second-order valence-corrected chi connectivity index (χ2v) is 5.20. The molecule has 0 heterocycles. The number of carbonyl (C=O) groups is 1. The first-order valence-electron chi connectivity index (χ1n) is 7.41. The van der Waals surface area contributed by atoms with E-state index in [4.69, 9.17) is 15.2 Å². The maximum atomic E-state index is 13.7. The van der Waals surface area contributed by atoms with Gasteiger partial charge in [0.25, 0.3) is 0 Å². The molecule has 6 heteroatoms. The maximum Gasteiger partial charge on any atom is 0.322 e. The lowest BCUT2D eigenvalue weighted by molar-refractivity contribution is -0.142. The van der Waals surface area contributed by atoms with Crippen LogP contribution in [0.15, 0.2) is 42.5 Å². The van der Waals surface area contributed by atoms with Gasteiger partial charge in [-0.05, 0) is 30.2 Å². The van der Waals surface area contributed by atoms with Crippen molar-refractivity contribution < 1.29 is 23.4 Å². The Labute approximate surface area is 140 Å². The van der Waals surface area contributed by atoms with Crippen LogP contribution in [-0.2, 0) is 22.6 Å². The van der Waals surface area contributed by atoms with Crippen molar-refractivity contribution in [2.75, 3.05) is 14.2 Å². The highest BCUT2D eigenvalue weighted by Gasteiger charge is 2.16. The van der Waals surface area contributed by atoms with E-state index in [2.05, 4.69) is 4.74 Å². The second kappa shape index (κ2) is 8.31. The number of benzene rings is 2. The Kier molecular flexibility index (Phi) is 6.14. The van der Waals surface area contributed by atoms with Gasteiger partial charge in [0.15, 0.2) is 11.5 Å². The van der Waals surface area contributed by atoms with Gasteiger partial charge in [0, 0.05) is 5.56 Å². The molecule has 1 atom stereocenters. The SMILES string of the molecule is COC(=O)C(N)Cc1ccc(OC)c(OCc2ccccc2F)c1. The van der Waals surface area contributed by atoms with Crippen molar-refractivity contribution in [2.45, 2.75) is 19.1 Å². The van der Waals surface area contributed by atoms with E-state index in [1.807, 2.05) is 0 Å². The van der Waals surface area contributed by atoms with E-state index in [1.165, 1.54) is 20.3 Å². The molecule has 0 aliphatic heterocycles. The summed E-state index contributed by atoms with van der Waals surface area (Å²) < 4.78 is 29.2. The maximum absolute atomic E-state index is 13.7. The van der Waals surface area contributed by atoms with Crippen LogP contribution in [0.3, 0.4) is 0 Å². The molecular formula is C18H20FNO4. The zero-order valence-electron chi connectivity index (χ0n) is 13.6. The fourth-order valence-electron chi connectivity index (χ4n) is 2.22. The summed E-state index contributed by atoms with van der Waals surface area (Å²) >= 11 is 0. The molecule has 2 rings (SSSR count). The number of esters is 1. The Balaban J connectivity index is 2.14. The lowest BCUT2D eigenvalue weighted by Crippen LogP contribution is -2.33. The number of nitrogens with two attached hydrogens (primary N) is 1. The number of ether oxygens (including phenoxy) is 3.